The van der Waals surface area contributed by atoms with Crippen LogP contribution < -0.4 is 0 Å². The average Bonchev–Trinajstić information content (AvgIpc) is 2.45. The van der Waals surface area contributed by atoms with Crippen molar-refractivity contribution < 1.29 is 0 Å². The van der Waals surface area contributed by atoms with Crippen molar-refractivity contribution in [3.05, 3.63) is 35.4 Å². The van der Waals surface area contributed by atoms with Crippen molar-refractivity contribution in [2.45, 2.75) is 77.0 Å². The molecule has 0 saturated carbocycles. The Morgan fingerprint density at radius 1 is 0.842 bits per heavy atom. The molecule has 0 heterocycles. The molecule has 0 amide bonds. The minimum Gasteiger partial charge on any atom is -0.118 e. The highest BCUT2D eigenvalue weighted by Crippen LogP contribution is 2.27. The molecular formula is C18H29Cl. The van der Waals surface area contributed by atoms with Crippen molar-refractivity contribution >= 4 is 11.6 Å². The molecule has 0 bridgehead atoms. The summed E-state index contributed by atoms with van der Waals surface area (Å²) in [5.74, 6) is 0. The maximum absolute atomic E-state index is 6.48. The zero-order chi connectivity index (χ0) is 13.9. The molecule has 0 aromatic heterocycles. The normalized spacial score (nSPS) is 12.6. The van der Waals surface area contributed by atoms with Gasteiger partial charge in [0.2, 0.25) is 0 Å². The van der Waals surface area contributed by atoms with Crippen LogP contribution in [0.25, 0.3) is 0 Å². The van der Waals surface area contributed by atoms with Crippen LogP contribution in [0.4, 0.5) is 0 Å². The number of aryl methyl sites for hydroxylation is 1. The summed E-state index contributed by atoms with van der Waals surface area (Å²) in [6.07, 6.45) is 11.5. The zero-order valence-electron chi connectivity index (χ0n) is 12.6. The number of hydrogen-bond acceptors (Lipinski definition) is 0. The smallest absolute Gasteiger partial charge is 0.0585 e. The Balaban J connectivity index is 2.29. The van der Waals surface area contributed by atoms with Gasteiger partial charge in [0.15, 0.2) is 0 Å². The first-order valence-electron chi connectivity index (χ1n) is 8.00. The van der Waals surface area contributed by atoms with E-state index in [1.54, 1.807) is 0 Å². The number of unbranched alkanes of at least 4 members (excludes halogenated alkanes) is 5. The van der Waals surface area contributed by atoms with Crippen LogP contribution in [0, 0.1) is 0 Å². The number of benzene rings is 1. The third-order valence-electron chi connectivity index (χ3n) is 3.72. The van der Waals surface area contributed by atoms with Crippen molar-refractivity contribution in [3.8, 4) is 0 Å². The van der Waals surface area contributed by atoms with Gasteiger partial charge in [-0.1, -0.05) is 76.6 Å². The van der Waals surface area contributed by atoms with Gasteiger partial charge in [-0.15, -0.1) is 11.6 Å². The Labute approximate surface area is 124 Å². The lowest BCUT2D eigenvalue weighted by Crippen LogP contribution is -1.92. The van der Waals surface area contributed by atoms with Crippen LogP contribution in [0.15, 0.2) is 24.3 Å². The topological polar surface area (TPSA) is 0 Å². The molecule has 1 aromatic carbocycles. The number of alkyl halides is 1. The molecule has 0 aliphatic rings. The van der Waals surface area contributed by atoms with Crippen molar-refractivity contribution in [1.82, 2.24) is 0 Å². The first-order chi connectivity index (χ1) is 9.27. The predicted octanol–water partition coefficient (Wildman–Crippen LogP) is 6.67. The van der Waals surface area contributed by atoms with Crippen LogP contribution >= 0.6 is 11.6 Å². The SMILES string of the molecule is CCCCCCCC(Cl)c1ccc(CCCC)cc1. The molecule has 1 unspecified atom stereocenters. The quantitative estimate of drug-likeness (QED) is 0.332. The second-order valence-corrected chi connectivity index (χ2v) is 6.04. The van der Waals surface area contributed by atoms with Gasteiger partial charge in [0.05, 0.1) is 5.38 Å². The maximum Gasteiger partial charge on any atom is 0.0585 e. The molecule has 1 atom stereocenters. The summed E-state index contributed by atoms with van der Waals surface area (Å²) in [5.41, 5.74) is 2.73. The van der Waals surface area contributed by atoms with Crippen molar-refractivity contribution in [1.29, 1.82) is 0 Å². The molecule has 108 valence electrons. The lowest BCUT2D eigenvalue weighted by atomic mass is 10.0. The van der Waals surface area contributed by atoms with E-state index in [2.05, 4.69) is 38.1 Å². The average molecular weight is 281 g/mol. The van der Waals surface area contributed by atoms with Crippen molar-refractivity contribution in [3.63, 3.8) is 0 Å². The van der Waals surface area contributed by atoms with E-state index in [0.29, 0.717) is 0 Å². The molecule has 0 N–H and O–H groups in total. The summed E-state index contributed by atoms with van der Waals surface area (Å²) in [6.45, 7) is 4.49. The van der Waals surface area contributed by atoms with Gasteiger partial charge in [-0.25, -0.2) is 0 Å². The van der Waals surface area contributed by atoms with E-state index in [1.165, 1.54) is 62.5 Å². The van der Waals surface area contributed by atoms with Gasteiger partial charge >= 0.3 is 0 Å². The highest BCUT2D eigenvalue weighted by molar-refractivity contribution is 6.20. The van der Waals surface area contributed by atoms with Crippen molar-refractivity contribution in [2.75, 3.05) is 0 Å². The molecule has 1 heteroatoms. The number of hydrogen-bond donors (Lipinski definition) is 0. The Bertz CT molecular complexity index is 315. The summed E-state index contributed by atoms with van der Waals surface area (Å²) in [5, 5.41) is 0.196. The molecule has 1 rings (SSSR count). The highest BCUT2D eigenvalue weighted by Gasteiger charge is 2.07. The van der Waals surface area contributed by atoms with Gasteiger partial charge in [0.25, 0.3) is 0 Å². The van der Waals surface area contributed by atoms with Crippen LogP contribution in [0.1, 0.15) is 81.7 Å². The van der Waals surface area contributed by atoms with E-state index >= 15 is 0 Å². The summed E-state index contributed by atoms with van der Waals surface area (Å²) >= 11 is 6.48. The standard InChI is InChI=1S/C18H29Cl/c1-3-5-7-8-9-11-18(19)17-14-12-16(13-15-17)10-6-4-2/h12-15,18H,3-11H2,1-2H3. The number of halogens is 1. The third kappa shape index (κ3) is 7.01. The molecule has 1 aromatic rings. The number of rotatable bonds is 10. The summed E-state index contributed by atoms with van der Waals surface area (Å²) in [7, 11) is 0. The van der Waals surface area contributed by atoms with E-state index in [9.17, 15) is 0 Å². The Morgan fingerprint density at radius 3 is 2.11 bits per heavy atom. The second kappa shape index (κ2) is 10.3. The monoisotopic (exact) mass is 280 g/mol. The largest absolute Gasteiger partial charge is 0.118 e. The van der Waals surface area contributed by atoms with Crippen LogP contribution in [0.5, 0.6) is 0 Å². The fourth-order valence-corrected chi connectivity index (χ4v) is 2.67. The van der Waals surface area contributed by atoms with E-state index in [-0.39, 0.29) is 5.38 Å². The van der Waals surface area contributed by atoms with Gasteiger partial charge in [0, 0.05) is 0 Å². The fraction of sp³-hybridized carbons (Fsp3) is 0.667. The van der Waals surface area contributed by atoms with Crippen LogP contribution in [0.2, 0.25) is 0 Å². The van der Waals surface area contributed by atoms with Gasteiger partial charge in [-0.2, -0.15) is 0 Å². The first-order valence-corrected chi connectivity index (χ1v) is 8.44. The van der Waals surface area contributed by atoms with Gasteiger partial charge < -0.3 is 0 Å². The van der Waals surface area contributed by atoms with Crippen LogP contribution in [0.3, 0.4) is 0 Å². The lowest BCUT2D eigenvalue weighted by molar-refractivity contribution is 0.601. The Kier molecular flexibility index (Phi) is 8.99. The molecule has 0 spiro atoms. The van der Waals surface area contributed by atoms with Crippen LogP contribution in [-0.2, 0) is 6.42 Å². The molecule has 0 fully saturated rings. The maximum atomic E-state index is 6.48. The lowest BCUT2D eigenvalue weighted by Gasteiger charge is -2.10. The summed E-state index contributed by atoms with van der Waals surface area (Å²) < 4.78 is 0. The van der Waals surface area contributed by atoms with Gasteiger partial charge in [-0.3, -0.25) is 0 Å². The molecule has 0 nitrogen and oxygen atoms in total. The minimum absolute atomic E-state index is 0.196. The van der Waals surface area contributed by atoms with E-state index in [0.717, 1.165) is 6.42 Å². The minimum atomic E-state index is 0.196. The predicted molar refractivity (Wildman–Crippen MR) is 87.0 cm³/mol. The highest BCUT2D eigenvalue weighted by atomic mass is 35.5. The molecule has 0 aliphatic heterocycles. The molecule has 0 saturated heterocycles. The summed E-state index contributed by atoms with van der Waals surface area (Å²) in [6, 6.07) is 8.93. The van der Waals surface area contributed by atoms with Crippen LogP contribution in [-0.4, -0.2) is 0 Å². The Morgan fingerprint density at radius 2 is 1.47 bits per heavy atom. The molecular weight excluding hydrogens is 252 g/mol. The van der Waals surface area contributed by atoms with E-state index in [1.807, 2.05) is 0 Å². The molecule has 0 aliphatic carbocycles. The zero-order valence-corrected chi connectivity index (χ0v) is 13.4. The Hall–Kier alpha value is -0.490. The van der Waals surface area contributed by atoms with E-state index < -0.39 is 0 Å². The fourth-order valence-electron chi connectivity index (χ4n) is 2.37. The van der Waals surface area contributed by atoms with E-state index in [4.69, 9.17) is 11.6 Å². The van der Waals surface area contributed by atoms with Gasteiger partial charge in [-0.05, 0) is 30.4 Å². The first kappa shape index (κ1) is 16.6. The summed E-state index contributed by atoms with van der Waals surface area (Å²) in [4.78, 5) is 0. The van der Waals surface area contributed by atoms with Crippen molar-refractivity contribution in [2.24, 2.45) is 0 Å². The van der Waals surface area contributed by atoms with Gasteiger partial charge in [0.1, 0.15) is 0 Å². The molecule has 19 heavy (non-hydrogen) atoms. The molecule has 0 radical (unpaired) electrons. The second-order valence-electron chi connectivity index (χ2n) is 5.52. The third-order valence-corrected chi connectivity index (χ3v) is 4.19.